The van der Waals surface area contributed by atoms with Crippen molar-refractivity contribution >= 4 is 23.2 Å². The van der Waals surface area contributed by atoms with Crippen LogP contribution in [0, 0.1) is 0 Å². The number of amides is 2. The molecular formula is C19H18N6O2. The fraction of sp³-hybridized carbons (Fsp3) is 0.211. The molecule has 0 saturated carbocycles. The van der Waals surface area contributed by atoms with E-state index in [1.54, 1.807) is 6.07 Å². The van der Waals surface area contributed by atoms with E-state index in [1.807, 2.05) is 48.5 Å². The molecule has 0 radical (unpaired) electrons. The lowest BCUT2D eigenvalue weighted by Gasteiger charge is -2.29. The van der Waals surface area contributed by atoms with Gasteiger partial charge in [0.25, 0.3) is 0 Å². The Bertz CT molecular complexity index is 969. The first kappa shape index (κ1) is 16.9. The fourth-order valence-electron chi connectivity index (χ4n) is 3.00. The lowest BCUT2D eigenvalue weighted by Crippen LogP contribution is -2.42. The van der Waals surface area contributed by atoms with Crippen LogP contribution in [0.25, 0.3) is 11.4 Å². The SMILES string of the molecule is O=C1CN(C(=O)CCCn2nnc(-c3ccccc3)n2)c2ccccc2N1. The average molecular weight is 362 g/mol. The van der Waals surface area contributed by atoms with Crippen LogP contribution in [-0.2, 0) is 16.1 Å². The van der Waals surface area contributed by atoms with E-state index < -0.39 is 0 Å². The molecule has 2 aromatic carbocycles. The molecule has 0 unspecified atom stereocenters. The Morgan fingerprint density at radius 3 is 2.70 bits per heavy atom. The predicted molar refractivity (Wildman–Crippen MR) is 99.9 cm³/mol. The van der Waals surface area contributed by atoms with Crippen LogP contribution in [0.2, 0.25) is 0 Å². The van der Waals surface area contributed by atoms with E-state index in [0.29, 0.717) is 30.9 Å². The van der Waals surface area contributed by atoms with Crippen molar-refractivity contribution in [1.82, 2.24) is 20.2 Å². The van der Waals surface area contributed by atoms with Crippen LogP contribution in [0.4, 0.5) is 11.4 Å². The summed E-state index contributed by atoms with van der Waals surface area (Å²) < 4.78 is 0. The zero-order valence-corrected chi connectivity index (χ0v) is 14.6. The Morgan fingerprint density at radius 1 is 1.07 bits per heavy atom. The topological polar surface area (TPSA) is 93.0 Å². The molecule has 4 rings (SSSR count). The summed E-state index contributed by atoms with van der Waals surface area (Å²) in [6, 6.07) is 16.9. The van der Waals surface area contributed by atoms with Gasteiger partial charge in [0.1, 0.15) is 6.54 Å². The van der Waals surface area contributed by atoms with Crippen LogP contribution >= 0.6 is 0 Å². The van der Waals surface area contributed by atoms with Gasteiger partial charge in [0.2, 0.25) is 17.6 Å². The fourth-order valence-corrected chi connectivity index (χ4v) is 3.00. The largest absolute Gasteiger partial charge is 0.323 e. The van der Waals surface area contributed by atoms with Crippen LogP contribution in [0.1, 0.15) is 12.8 Å². The normalized spacial score (nSPS) is 13.2. The third-order valence-electron chi connectivity index (χ3n) is 4.31. The highest BCUT2D eigenvalue weighted by atomic mass is 16.2. The van der Waals surface area contributed by atoms with E-state index in [9.17, 15) is 9.59 Å². The lowest BCUT2D eigenvalue weighted by atomic mass is 10.1. The molecule has 0 spiro atoms. The number of nitrogens with zero attached hydrogens (tertiary/aromatic N) is 5. The van der Waals surface area contributed by atoms with Gasteiger partial charge >= 0.3 is 0 Å². The van der Waals surface area contributed by atoms with Gasteiger partial charge in [-0.1, -0.05) is 42.5 Å². The van der Waals surface area contributed by atoms with Crippen molar-refractivity contribution in [2.24, 2.45) is 0 Å². The predicted octanol–water partition coefficient (Wildman–Crippen LogP) is 2.11. The number of carbonyl (C=O) groups excluding carboxylic acids is 2. The standard InChI is InChI=1S/C19H18N6O2/c26-17-13-24(16-10-5-4-9-15(16)20-17)18(27)11-6-12-25-22-19(21-23-25)14-7-2-1-3-8-14/h1-5,7-10H,6,11-13H2,(H,20,26). The smallest absolute Gasteiger partial charge is 0.244 e. The summed E-state index contributed by atoms with van der Waals surface area (Å²) in [5.74, 6) is 0.275. The Kier molecular flexibility index (Phi) is 4.61. The number of nitrogens with one attached hydrogen (secondary N) is 1. The second-order valence-electron chi connectivity index (χ2n) is 6.22. The number of tetrazole rings is 1. The van der Waals surface area contributed by atoms with Crippen LogP contribution in [0.5, 0.6) is 0 Å². The van der Waals surface area contributed by atoms with E-state index in [2.05, 4.69) is 20.7 Å². The number of aromatic nitrogens is 4. The maximum Gasteiger partial charge on any atom is 0.244 e. The molecule has 1 aromatic heterocycles. The van der Waals surface area contributed by atoms with Crippen molar-refractivity contribution in [2.45, 2.75) is 19.4 Å². The van der Waals surface area contributed by atoms with Crippen molar-refractivity contribution in [2.75, 3.05) is 16.8 Å². The number of anilines is 2. The minimum atomic E-state index is -0.188. The zero-order chi connectivity index (χ0) is 18.6. The Morgan fingerprint density at radius 2 is 1.85 bits per heavy atom. The minimum Gasteiger partial charge on any atom is -0.323 e. The first-order valence-corrected chi connectivity index (χ1v) is 8.73. The third-order valence-corrected chi connectivity index (χ3v) is 4.31. The van der Waals surface area contributed by atoms with Gasteiger partial charge in [0.15, 0.2) is 0 Å². The van der Waals surface area contributed by atoms with Crippen molar-refractivity contribution in [3.05, 3.63) is 54.6 Å². The van der Waals surface area contributed by atoms with Crippen LogP contribution in [0.3, 0.4) is 0 Å². The molecule has 0 fully saturated rings. The molecule has 0 atom stereocenters. The quantitative estimate of drug-likeness (QED) is 0.750. The molecule has 136 valence electrons. The third kappa shape index (κ3) is 3.69. The van der Waals surface area contributed by atoms with Crippen molar-refractivity contribution in [3.8, 4) is 11.4 Å². The second-order valence-corrected chi connectivity index (χ2v) is 6.22. The molecule has 8 heteroatoms. The molecule has 1 aliphatic heterocycles. The highest BCUT2D eigenvalue weighted by Gasteiger charge is 2.26. The molecular weight excluding hydrogens is 344 g/mol. The highest BCUT2D eigenvalue weighted by Crippen LogP contribution is 2.29. The van der Waals surface area contributed by atoms with Crippen molar-refractivity contribution < 1.29 is 9.59 Å². The van der Waals surface area contributed by atoms with E-state index in [1.165, 1.54) is 9.70 Å². The molecule has 8 nitrogen and oxygen atoms in total. The van der Waals surface area contributed by atoms with Gasteiger partial charge in [-0.3, -0.25) is 9.59 Å². The molecule has 27 heavy (non-hydrogen) atoms. The molecule has 1 N–H and O–H groups in total. The number of hydrogen-bond donors (Lipinski definition) is 1. The van der Waals surface area contributed by atoms with Gasteiger partial charge in [-0.15, -0.1) is 10.2 Å². The van der Waals surface area contributed by atoms with Gasteiger partial charge < -0.3 is 10.2 Å². The molecule has 2 heterocycles. The van der Waals surface area contributed by atoms with Gasteiger partial charge in [0.05, 0.1) is 17.9 Å². The van der Waals surface area contributed by atoms with Crippen molar-refractivity contribution in [3.63, 3.8) is 0 Å². The first-order chi connectivity index (χ1) is 13.2. The van der Waals surface area contributed by atoms with Crippen molar-refractivity contribution in [1.29, 1.82) is 0 Å². The van der Waals surface area contributed by atoms with Crippen LogP contribution in [0.15, 0.2) is 54.6 Å². The van der Waals surface area contributed by atoms with E-state index in [-0.39, 0.29) is 18.4 Å². The van der Waals surface area contributed by atoms with E-state index in [0.717, 1.165) is 11.3 Å². The second kappa shape index (κ2) is 7.36. The summed E-state index contributed by atoms with van der Waals surface area (Å²) in [4.78, 5) is 27.5. The molecule has 0 bridgehead atoms. The highest BCUT2D eigenvalue weighted by molar-refractivity contribution is 6.09. The van der Waals surface area contributed by atoms with Gasteiger partial charge in [-0.2, -0.15) is 4.80 Å². The average Bonchev–Trinajstić information content (AvgIpc) is 3.17. The monoisotopic (exact) mass is 362 g/mol. The number of benzene rings is 2. The maximum absolute atomic E-state index is 12.6. The lowest BCUT2D eigenvalue weighted by molar-refractivity contribution is -0.122. The number of para-hydroxylation sites is 2. The van der Waals surface area contributed by atoms with Gasteiger partial charge in [0, 0.05) is 12.0 Å². The summed E-state index contributed by atoms with van der Waals surface area (Å²) in [7, 11) is 0. The number of hydrogen-bond acceptors (Lipinski definition) is 5. The Labute approximate surface area is 155 Å². The first-order valence-electron chi connectivity index (χ1n) is 8.73. The van der Waals surface area contributed by atoms with Crippen LogP contribution in [-0.4, -0.2) is 38.6 Å². The summed E-state index contributed by atoms with van der Waals surface area (Å²) in [6.45, 7) is 0.517. The summed E-state index contributed by atoms with van der Waals surface area (Å²) in [5.41, 5.74) is 2.29. The van der Waals surface area contributed by atoms with Gasteiger partial charge in [-0.25, -0.2) is 0 Å². The summed E-state index contributed by atoms with van der Waals surface area (Å²) in [5, 5.41) is 15.2. The van der Waals surface area contributed by atoms with Gasteiger partial charge in [-0.05, 0) is 23.8 Å². The number of aryl methyl sites for hydroxylation is 1. The van der Waals surface area contributed by atoms with E-state index >= 15 is 0 Å². The molecule has 0 aliphatic carbocycles. The Hall–Kier alpha value is -3.55. The maximum atomic E-state index is 12.6. The molecule has 0 saturated heterocycles. The van der Waals surface area contributed by atoms with E-state index in [4.69, 9.17) is 0 Å². The molecule has 1 aliphatic rings. The Balaban J connectivity index is 1.37. The zero-order valence-electron chi connectivity index (χ0n) is 14.6. The summed E-state index contributed by atoms with van der Waals surface area (Å²) in [6.07, 6.45) is 0.855. The molecule has 2 amide bonds. The van der Waals surface area contributed by atoms with Crippen LogP contribution < -0.4 is 10.2 Å². The summed E-state index contributed by atoms with van der Waals surface area (Å²) >= 11 is 0. The minimum absolute atomic E-state index is 0.0373. The number of rotatable bonds is 5. The number of fused-ring (bicyclic) bond motifs is 1. The number of carbonyl (C=O) groups is 2. The molecule has 3 aromatic rings.